The minimum Gasteiger partial charge on any atom is -0.490 e. The van der Waals surface area contributed by atoms with Gasteiger partial charge in [0.25, 0.3) is 0 Å². The minimum absolute atomic E-state index is 0.336. The molecule has 1 aliphatic heterocycles. The van der Waals surface area contributed by atoms with Crippen LogP contribution in [0.4, 0.5) is 0 Å². The first-order valence-electron chi connectivity index (χ1n) is 8.10. The molecule has 110 valence electrons. The molecule has 0 bridgehead atoms. The average molecular weight is 273 g/mol. The molecule has 1 fully saturated rings. The molecule has 0 radical (unpaired) electrons. The molecule has 1 heterocycles. The molecule has 0 amide bonds. The van der Waals surface area contributed by atoms with Crippen molar-refractivity contribution in [3.63, 3.8) is 0 Å². The summed E-state index contributed by atoms with van der Waals surface area (Å²) in [5.41, 5.74) is 9.18. The highest BCUT2D eigenvalue weighted by Gasteiger charge is 2.40. The summed E-state index contributed by atoms with van der Waals surface area (Å²) in [7, 11) is 0. The van der Waals surface area contributed by atoms with Crippen LogP contribution >= 0.6 is 0 Å². The molecular weight excluding hydrogens is 246 g/mol. The van der Waals surface area contributed by atoms with E-state index in [4.69, 9.17) is 10.5 Å². The number of ether oxygens (including phenoxy) is 1. The summed E-state index contributed by atoms with van der Waals surface area (Å²) in [6.07, 6.45) is 7.78. The lowest BCUT2D eigenvalue weighted by Gasteiger charge is -2.30. The molecule has 3 rings (SSSR count). The summed E-state index contributed by atoms with van der Waals surface area (Å²) >= 11 is 0. The third kappa shape index (κ3) is 2.58. The van der Waals surface area contributed by atoms with Crippen LogP contribution in [0.2, 0.25) is 0 Å². The highest BCUT2D eigenvalue weighted by atomic mass is 16.5. The lowest BCUT2D eigenvalue weighted by molar-refractivity contribution is 0.138. The van der Waals surface area contributed by atoms with Crippen molar-refractivity contribution < 1.29 is 4.74 Å². The van der Waals surface area contributed by atoms with Gasteiger partial charge >= 0.3 is 0 Å². The van der Waals surface area contributed by atoms with Crippen LogP contribution in [0.15, 0.2) is 18.2 Å². The fraction of sp³-hybridized carbons (Fsp3) is 0.667. The van der Waals surface area contributed by atoms with Gasteiger partial charge in [0.15, 0.2) is 0 Å². The van der Waals surface area contributed by atoms with Gasteiger partial charge in [-0.2, -0.15) is 0 Å². The second-order valence-corrected chi connectivity index (χ2v) is 6.98. The number of benzene rings is 1. The summed E-state index contributed by atoms with van der Waals surface area (Å²) in [4.78, 5) is 0. The van der Waals surface area contributed by atoms with Crippen LogP contribution in [0.3, 0.4) is 0 Å². The van der Waals surface area contributed by atoms with Crippen molar-refractivity contribution in [2.75, 3.05) is 6.54 Å². The van der Waals surface area contributed by atoms with E-state index < -0.39 is 0 Å². The molecule has 2 heteroatoms. The number of rotatable bonds is 4. The molecule has 0 spiro atoms. The smallest absolute Gasteiger partial charge is 0.123 e. The molecular formula is C18H27NO. The first-order chi connectivity index (χ1) is 9.64. The van der Waals surface area contributed by atoms with Gasteiger partial charge < -0.3 is 10.5 Å². The molecule has 1 saturated carbocycles. The van der Waals surface area contributed by atoms with E-state index in [9.17, 15) is 0 Å². The van der Waals surface area contributed by atoms with E-state index in [1.807, 2.05) is 0 Å². The minimum atomic E-state index is 0.336. The fourth-order valence-electron chi connectivity index (χ4n) is 4.18. The molecule has 0 saturated heterocycles. The van der Waals surface area contributed by atoms with E-state index in [1.165, 1.54) is 36.8 Å². The Labute approximate surface area is 122 Å². The first-order valence-corrected chi connectivity index (χ1v) is 8.10. The number of aryl methyl sites for hydroxylation is 1. The zero-order valence-electron chi connectivity index (χ0n) is 12.8. The normalized spacial score (nSPS) is 32.1. The topological polar surface area (TPSA) is 35.2 Å². The van der Waals surface area contributed by atoms with Crippen molar-refractivity contribution in [3.05, 3.63) is 29.3 Å². The monoisotopic (exact) mass is 273 g/mol. The predicted molar refractivity (Wildman–Crippen MR) is 83.0 cm³/mol. The Morgan fingerprint density at radius 1 is 1.40 bits per heavy atom. The van der Waals surface area contributed by atoms with Crippen LogP contribution in [0.5, 0.6) is 5.75 Å². The Kier molecular flexibility index (Phi) is 3.76. The van der Waals surface area contributed by atoms with Crippen molar-refractivity contribution in [2.24, 2.45) is 17.1 Å². The Hall–Kier alpha value is -1.02. The zero-order chi connectivity index (χ0) is 14.2. The van der Waals surface area contributed by atoms with Gasteiger partial charge in [-0.1, -0.05) is 31.0 Å². The van der Waals surface area contributed by atoms with Gasteiger partial charge in [0.1, 0.15) is 11.9 Å². The molecule has 3 atom stereocenters. The van der Waals surface area contributed by atoms with Crippen molar-refractivity contribution >= 4 is 0 Å². The van der Waals surface area contributed by atoms with E-state index in [-0.39, 0.29) is 0 Å². The molecule has 1 aromatic rings. The summed E-state index contributed by atoms with van der Waals surface area (Å²) in [6, 6.07) is 6.54. The second kappa shape index (κ2) is 5.40. The van der Waals surface area contributed by atoms with Crippen molar-refractivity contribution in [1.29, 1.82) is 0 Å². The van der Waals surface area contributed by atoms with Gasteiger partial charge in [0, 0.05) is 6.42 Å². The largest absolute Gasteiger partial charge is 0.490 e. The average Bonchev–Trinajstić information content (AvgIpc) is 3.02. The summed E-state index contributed by atoms with van der Waals surface area (Å²) in [6.45, 7) is 5.28. The zero-order valence-corrected chi connectivity index (χ0v) is 12.8. The Bertz CT molecular complexity index is 484. The van der Waals surface area contributed by atoms with Crippen molar-refractivity contribution in [1.82, 2.24) is 0 Å². The van der Waals surface area contributed by atoms with Crippen LogP contribution in [-0.4, -0.2) is 12.6 Å². The van der Waals surface area contributed by atoms with Gasteiger partial charge in [-0.15, -0.1) is 0 Å². The third-order valence-electron chi connectivity index (χ3n) is 5.43. The van der Waals surface area contributed by atoms with Gasteiger partial charge in [0.2, 0.25) is 0 Å². The number of nitrogens with two attached hydrogens (primary N) is 1. The van der Waals surface area contributed by atoms with Gasteiger partial charge in [-0.3, -0.25) is 0 Å². The van der Waals surface area contributed by atoms with Crippen LogP contribution < -0.4 is 10.5 Å². The van der Waals surface area contributed by atoms with E-state index in [1.54, 1.807) is 0 Å². The lowest BCUT2D eigenvalue weighted by atomic mass is 9.79. The summed E-state index contributed by atoms with van der Waals surface area (Å²) in [5.74, 6) is 1.97. The lowest BCUT2D eigenvalue weighted by Crippen LogP contribution is -2.33. The van der Waals surface area contributed by atoms with Gasteiger partial charge in [-0.05, 0) is 62.1 Å². The Morgan fingerprint density at radius 2 is 2.25 bits per heavy atom. The maximum atomic E-state index is 6.16. The van der Waals surface area contributed by atoms with E-state index in [2.05, 4.69) is 32.0 Å². The Morgan fingerprint density at radius 3 is 2.95 bits per heavy atom. The second-order valence-electron chi connectivity index (χ2n) is 6.98. The van der Waals surface area contributed by atoms with Crippen LogP contribution in [0.1, 0.15) is 50.2 Å². The Balaban J connectivity index is 1.67. The van der Waals surface area contributed by atoms with Crippen molar-refractivity contribution in [2.45, 2.75) is 58.5 Å². The first kappa shape index (κ1) is 13.9. The van der Waals surface area contributed by atoms with Crippen LogP contribution in [-0.2, 0) is 6.42 Å². The summed E-state index contributed by atoms with van der Waals surface area (Å²) in [5, 5.41) is 0. The molecule has 2 nitrogen and oxygen atoms in total. The third-order valence-corrected chi connectivity index (χ3v) is 5.43. The quantitative estimate of drug-likeness (QED) is 0.904. The number of hydrogen-bond donors (Lipinski definition) is 1. The predicted octanol–water partition coefficient (Wildman–Crippen LogP) is 3.84. The molecule has 1 aliphatic carbocycles. The van der Waals surface area contributed by atoms with Gasteiger partial charge in [0.05, 0.1) is 0 Å². The molecule has 1 aromatic carbocycles. The molecule has 2 N–H and O–H groups in total. The van der Waals surface area contributed by atoms with Crippen LogP contribution in [0, 0.1) is 18.3 Å². The van der Waals surface area contributed by atoms with Crippen molar-refractivity contribution in [3.8, 4) is 5.75 Å². The molecule has 0 aromatic heterocycles. The van der Waals surface area contributed by atoms with E-state index in [0.29, 0.717) is 11.5 Å². The molecule has 3 unspecified atom stereocenters. The highest BCUT2D eigenvalue weighted by Crippen LogP contribution is 2.47. The maximum Gasteiger partial charge on any atom is 0.123 e. The number of hydrogen-bond acceptors (Lipinski definition) is 2. The molecule has 20 heavy (non-hydrogen) atoms. The van der Waals surface area contributed by atoms with Gasteiger partial charge in [-0.25, -0.2) is 0 Å². The fourth-order valence-corrected chi connectivity index (χ4v) is 4.18. The standard InChI is InChI=1S/C18H27NO/c1-3-14-6-7-18(10-14,12-19)11-16-9-15-8-13(2)4-5-17(15)20-16/h4-5,8,14,16H,3,6-7,9-12,19H2,1-2H3. The van der Waals surface area contributed by atoms with E-state index >= 15 is 0 Å². The van der Waals surface area contributed by atoms with Crippen LogP contribution in [0.25, 0.3) is 0 Å². The number of fused-ring (bicyclic) bond motifs is 1. The molecule has 2 aliphatic rings. The SMILES string of the molecule is CCC1CCC(CN)(CC2Cc3cc(C)ccc3O2)C1. The maximum absolute atomic E-state index is 6.16. The highest BCUT2D eigenvalue weighted by molar-refractivity contribution is 5.40. The summed E-state index contributed by atoms with van der Waals surface area (Å²) < 4.78 is 6.16. The van der Waals surface area contributed by atoms with E-state index in [0.717, 1.165) is 31.1 Å².